The van der Waals surface area contributed by atoms with Gasteiger partial charge in [0.25, 0.3) is 0 Å². The molecule has 2 aromatic rings. The van der Waals surface area contributed by atoms with Gasteiger partial charge >= 0.3 is 0 Å². The standard InChI is InChI=1S/C18H22Br2ClFN4S/c1-4-6-8-23-9-10(7-5-2)24-17-11-12(19)14(21)13(20)15(22)16(11)25-18(26-17)27-3/h5,10,23H,2,4,6-9H2,1,3H3,(H,24,25,26). The van der Waals surface area contributed by atoms with Crippen LogP contribution < -0.4 is 10.6 Å². The molecule has 2 rings (SSSR count). The monoisotopic (exact) mass is 538 g/mol. The Morgan fingerprint density at radius 1 is 1.33 bits per heavy atom. The van der Waals surface area contributed by atoms with E-state index in [0.717, 1.165) is 32.4 Å². The van der Waals surface area contributed by atoms with Crippen LogP contribution in [0, 0.1) is 5.82 Å². The molecule has 1 atom stereocenters. The minimum absolute atomic E-state index is 0.0598. The molecule has 9 heteroatoms. The van der Waals surface area contributed by atoms with Crippen LogP contribution in [0.1, 0.15) is 26.2 Å². The molecule has 27 heavy (non-hydrogen) atoms. The largest absolute Gasteiger partial charge is 0.365 e. The zero-order chi connectivity index (χ0) is 20.0. The van der Waals surface area contributed by atoms with Gasteiger partial charge in [-0.3, -0.25) is 0 Å². The van der Waals surface area contributed by atoms with Crippen LogP contribution in [0.25, 0.3) is 10.9 Å². The van der Waals surface area contributed by atoms with Crippen LogP contribution in [0.2, 0.25) is 5.02 Å². The Kier molecular flexibility index (Phi) is 9.28. The molecule has 0 aliphatic rings. The summed E-state index contributed by atoms with van der Waals surface area (Å²) in [5.41, 5.74) is 0.219. The number of hydrogen-bond donors (Lipinski definition) is 2. The van der Waals surface area contributed by atoms with Gasteiger partial charge in [-0.15, -0.1) is 6.58 Å². The second-order valence-electron chi connectivity index (χ2n) is 5.96. The van der Waals surface area contributed by atoms with Gasteiger partial charge < -0.3 is 10.6 Å². The first kappa shape index (κ1) is 22.9. The van der Waals surface area contributed by atoms with E-state index in [-0.39, 0.29) is 21.1 Å². The molecule has 0 aliphatic carbocycles. The Hall–Kier alpha value is -0.410. The van der Waals surface area contributed by atoms with Gasteiger partial charge in [-0.1, -0.05) is 42.8 Å². The Morgan fingerprint density at radius 2 is 2.07 bits per heavy atom. The molecule has 0 bridgehead atoms. The first-order chi connectivity index (χ1) is 12.9. The number of nitrogens with one attached hydrogen (secondary N) is 2. The van der Waals surface area contributed by atoms with Crippen LogP contribution in [0.15, 0.2) is 26.8 Å². The van der Waals surface area contributed by atoms with E-state index in [9.17, 15) is 4.39 Å². The molecule has 0 saturated carbocycles. The smallest absolute Gasteiger partial charge is 0.189 e. The summed E-state index contributed by atoms with van der Waals surface area (Å²) in [5, 5.41) is 8.13. The normalized spacial score (nSPS) is 12.4. The molecule has 0 saturated heterocycles. The zero-order valence-corrected chi connectivity index (χ0v) is 20.0. The van der Waals surface area contributed by atoms with Gasteiger partial charge in [-0.05, 0) is 57.5 Å². The summed E-state index contributed by atoms with van der Waals surface area (Å²) in [6.07, 6.45) is 6.71. The lowest BCUT2D eigenvalue weighted by molar-refractivity contribution is 0.584. The van der Waals surface area contributed by atoms with E-state index in [0.29, 0.717) is 20.8 Å². The number of hydrogen-bond acceptors (Lipinski definition) is 5. The highest BCUT2D eigenvalue weighted by molar-refractivity contribution is 9.11. The molecule has 0 spiro atoms. The predicted octanol–water partition coefficient (Wildman–Crippen LogP) is 6.42. The average Bonchev–Trinajstić information content (AvgIpc) is 2.67. The number of halogens is 4. The molecule has 0 amide bonds. The maximum absolute atomic E-state index is 14.8. The van der Waals surface area contributed by atoms with Crippen molar-refractivity contribution in [3.8, 4) is 0 Å². The number of nitrogens with zero attached hydrogens (tertiary/aromatic N) is 2. The van der Waals surface area contributed by atoms with Gasteiger partial charge in [-0.25, -0.2) is 14.4 Å². The summed E-state index contributed by atoms with van der Waals surface area (Å²) in [5.74, 6) is 0.0500. The van der Waals surface area contributed by atoms with Crippen molar-refractivity contribution < 1.29 is 4.39 Å². The van der Waals surface area contributed by atoms with E-state index in [1.807, 2.05) is 12.3 Å². The summed E-state index contributed by atoms with van der Waals surface area (Å²) in [6.45, 7) is 7.69. The molecular weight excluding hydrogens is 519 g/mol. The highest BCUT2D eigenvalue weighted by atomic mass is 79.9. The first-order valence-corrected chi connectivity index (χ1v) is 11.8. The molecule has 2 N–H and O–H groups in total. The number of fused-ring (bicyclic) bond motifs is 1. The van der Waals surface area contributed by atoms with E-state index < -0.39 is 5.82 Å². The van der Waals surface area contributed by atoms with Crippen molar-refractivity contribution in [2.24, 2.45) is 0 Å². The fourth-order valence-corrected chi connectivity index (χ4v) is 4.34. The van der Waals surface area contributed by atoms with E-state index in [1.165, 1.54) is 11.8 Å². The van der Waals surface area contributed by atoms with Gasteiger partial charge in [0.1, 0.15) is 11.3 Å². The molecule has 1 unspecified atom stereocenters. The second-order valence-corrected chi connectivity index (χ2v) is 8.70. The molecule has 0 aliphatic heterocycles. The topological polar surface area (TPSA) is 49.8 Å². The summed E-state index contributed by atoms with van der Waals surface area (Å²) in [7, 11) is 0. The zero-order valence-electron chi connectivity index (χ0n) is 15.2. The Labute approximate surface area is 185 Å². The van der Waals surface area contributed by atoms with Crippen LogP contribution in [-0.4, -0.2) is 35.4 Å². The third-order valence-electron chi connectivity index (χ3n) is 3.97. The summed E-state index contributed by atoms with van der Waals surface area (Å²) < 4.78 is 15.5. The number of anilines is 1. The summed E-state index contributed by atoms with van der Waals surface area (Å²) in [6, 6.07) is 0.0598. The molecular formula is C18H22Br2ClFN4S. The molecule has 0 fully saturated rings. The van der Waals surface area contributed by atoms with Crippen molar-refractivity contribution in [3.63, 3.8) is 0 Å². The molecule has 0 radical (unpaired) electrons. The van der Waals surface area contributed by atoms with Crippen LogP contribution >= 0.6 is 55.2 Å². The lowest BCUT2D eigenvalue weighted by Gasteiger charge is -2.21. The second kappa shape index (κ2) is 11.0. The number of aromatic nitrogens is 2. The van der Waals surface area contributed by atoms with Crippen LogP contribution in [0.5, 0.6) is 0 Å². The van der Waals surface area contributed by atoms with Crippen molar-refractivity contribution in [2.75, 3.05) is 24.7 Å². The Balaban J connectivity index is 2.47. The fourth-order valence-electron chi connectivity index (χ4n) is 2.57. The molecule has 4 nitrogen and oxygen atoms in total. The van der Waals surface area contributed by atoms with Gasteiger partial charge in [0.05, 0.1) is 19.4 Å². The quantitative estimate of drug-likeness (QED) is 0.0910. The lowest BCUT2D eigenvalue weighted by atomic mass is 10.1. The van der Waals surface area contributed by atoms with Crippen molar-refractivity contribution in [1.29, 1.82) is 0 Å². The van der Waals surface area contributed by atoms with Crippen molar-refractivity contribution in [3.05, 3.63) is 32.4 Å². The average molecular weight is 541 g/mol. The SMILES string of the molecule is C=CCC(CNCCCC)Nc1nc(SC)nc2c(F)c(Br)c(Cl)c(Br)c12. The number of unbranched alkanes of at least 4 members (excludes halogenated alkanes) is 1. The summed E-state index contributed by atoms with van der Waals surface area (Å²) >= 11 is 14.3. The summed E-state index contributed by atoms with van der Waals surface area (Å²) in [4.78, 5) is 8.91. The number of benzene rings is 1. The lowest BCUT2D eigenvalue weighted by Crippen LogP contribution is -2.33. The highest BCUT2D eigenvalue weighted by Gasteiger charge is 2.22. The number of thioether (sulfide) groups is 1. The van der Waals surface area contributed by atoms with Crippen molar-refractivity contribution >= 4 is 71.9 Å². The predicted molar refractivity (Wildman–Crippen MR) is 122 cm³/mol. The fraction of sp³-hybridized carbons (Fsp3) is 0.444. The van der Waals surface area contributed by atoms with E-state index >= 15 is 0 Å². The molecule has 148 valence electrons. The van der Waals surface area contributed by atoms with E-state index in [1.54, 1.807) is 0 Å². The van der Waals surface area contributed by atoms with Crippen LogP contribution in [0.4, 0.5) is 10.2 Å². The van der Waals surface area contributed by atoms with Crippen LogP contribution in [0.3, 0.4) is 0 Å². The van der Waals surface area contributed by atoms with E-state index in [2.05, 4.69) is 66.0 Å². The van der Waals surface area contributed by atoms with Gasteiger partial charge in [0.15, 0.2) is 11.0 Å². The van der Waals surface area contributed by atoms with Gasteiger partial charge in [-0.2, -0.15) is 0 Å². The minimum Gasteiger partial charge on any atom is -0.365 e. The first-order valence-electron chi connectivity index (χ1n) is 8.60. The maximum Gasteiger partial charge on any atom is 0.189 e. The van der Waals surface area contributed by atoms with Crippen molar-refractivity contribution in [1.82, 2.24) is 15.3 Å². The maximum atomic E-state index is 14.8. The van der Waals surface area contributed by atoms with E-state index in [4.69, 9.17) is 11.6 Å². The molecule has 1 aromatic carbocycles. The van der Waals surface area contributed by atoms with Gasteiger partial charge in [0.2, 0.25) is 0 Å². The molecule has 1 aromatic heterocycles. The third-order valence-corrected chi connectivity index (χ3v) is 6.89. The number of rotatable bonds is 10. The molecule has 1 heterocycles. The Bertz CT molecular complexity index is 822. The van der Waals surface area contributed by atoms with Gasteiger partial charge in [0, 0.05) is 12.6 Å². The third kappa shape index (κ3) is 5.56. The van der Waals surface area contributed by atoms with Crippen molar-refractivity contribution in [2.45, 2.75) is 37.4 Å². The minimum atomic E-state index is -0.500. The Morgan fingerprint density at radius 3 is 2.70 bits per heavy atom. The highest BCUT2D eigenvalue weighted by Crippen LogP contribution is 2.42. The van der Waals surface area contributed by atoms with Crippen LogP contribution in [-0.2, 0) is 0 Å².